The first-order chi connectivity index (χ1) is 7.31. The molecule has 0 amide bonds. The van der Waals surface area contributed by atoms with Crippen LogP contribution in [-0.2, 0) is 0 Å². The van der Waals surface area contributed by atoms with Crippen molar-refractivity contribution in [3.05, 3.63) is 42.0 Å². The normalized spacial score (nSPS) is 12.4. The molecule has 0 saturated carbocycles. The van der Waals surface area contributed by atoms with Crippen LogP contribution in [0.4, 0.5) is 0 Å². The Morgan fingerprint density at radius 3 is 2.60 bits per heavy atom. The number of H-pyrrole nitrogens is 1. The first kappa shape index (κ1) is 9.67. The highest BCUT2D eigenvalue weighted by Gasteiger charge is 2.11. The third kappa shape index (κ3) is 1.97. The SMILES string of the molecule is COc1ccc([C@@H](N)c2ncn[nH]2)cc1. The fourth-order valence-electron chi connectivity index (χ4n) is 1.33. The molecule has 1 aromatic carbocycles. The molecular formula is C10H12N4O. The molecule has 5 nitrogen and oxygen atoms in total. The molecule has 15 heavy (non-hydrogen) atoms. The predicted molar refractivity (Wildman–Crippen MR) is 55.4 cm³/mol. The molecule has 5 heteroatoms. The third-order valence-electron chi connectivity index (χ3n) is 2.20. The number of hydrogen-bond acceptors (Lipinski definition) is 4. The third-order valence-corrected chi connectivity index (χ3v) is 2.20. The Morgan fingerprint density at radius 1 is 1.33 bits per heavy atom. The quantitative estimate of drug-likeness (QED) is 0.777. The summed E-state index contributed by atoms with van der Waals surface area (Å²) in [5, 5.41) is 6.51. The summed E-state index contributed by atoms with van der Waals surface area (Å²) in [5.41, 5.74) is 6.94. The van der Waals surface area contributed by atoms with E-state index in [-0.39, 0.29) is 6.04 Å². The standard InChI is InChI=1S/C10H12N4O/c1-15-8-4-2-7(3-5-8)9(11)10-12-6-13-14-10/h2-6,9H,11H2,1H3,(H,12,13,14)/t9-/m1/s1. The average molecular weight is 204 g/mol. The molecule has 3 N–H and O–H groups in total. The molecule has 0 aliphatic heterocycles. The summed E-state index contributed by atoms with van der Waals surface area (Å²) in [6.07, 6.45) is 1.44. The number of benzene rings is 1. The topological polar surface area (TPSA) is 76.8 Å². The maximum absolute atomic E-state index is 5.98. The van der Waals surface area contributed by atoms with E-state index in [0.717, 1.165) is 11.3 Å². The molecule has 0 aliphatic rings. The molecular weight excluding hydrogens is 192 g/mol. The Morgan fingerprint density at radius 2 is 2.07 bits per heavy atom. The van der Waals surface area contributed by atoms with Crippen molar-refractivity contribution in [3.8, 4) is 5.75 Å². The molecule has 1 aromatic heterocycles. The van der Waals surface area contributed by atoms with Crippen molar-refractivity contribution < 1.29 is 4.74 Å². The summed E-state index contributed by atoms with van der Waals surface area (Å²) in [5.74, 6) is 1.46. The molecule has 0 saturated heterocycles. The van der Waals surface area contributed by atoms with Crippen LogP contribution >= 0.6 is 0 Å². The second-order valence-electron chi connectivity index (χ2n) is 3.12. The lowest BCUT2D eigenvalue weighted by Crippen LogP contribution is -2.13. The summed E-state index contributed by atoms with van der Waals surface area (Å²) >= 11 is 0. The lowest BCUT2D eigenvalue weighted by molar-refractivity contribution is 0.414. The number of aromatic nitrogens is 3. The molecule has 1 heterocycles. The number of nitrogens with two attached hydrogens (primary N) is 1. The molecule has 0 spiro atoms. The number of aromatic amines is 1. The van der Waals surface area contributed by atoms with Crippen molar-refractivity contribution in [3.63, 3.8) is 0 Å². The van der Waals surface area contributed by atoms with E-state index in [4.69, 9.17) is 10.5 Å². The second kappa shape index (κ2) is 4.10. The monoisotopic (exact) mass is 204 g/mol. The smallest absolute Gasteiger partial charge is 0.145 e. The van der Waals surface area contributed by atoms with Crippen LogP contribution < -0.4 is 10.5 Å². The first-order valence-electron chi connectivity index (χ1n) is 4.56. The molecule has 0 bridgehead atoms. The van der Waals surface area contributed by atoms with Crippen molar-refractivity contribution in [1.29, 1.82) is 0 Å². The maximum atomic E-state index is 5.98. The van der Waals surface area contributed by atoms with Gasteiger partial charge in [-0.25, -0.2) is 4.98 Å². The fraction of sp³-hybridized carbons (Fsp3) is 0.200. The van der Waals surface area contributed by atoms with Crippen LogP contribution in [0.15, 0.2) is 30.6 Å². The van der Waals surface area contributed by atoms with Gasteiger partial charge in [0.05, 0.1) is 13.2 Å². The van der Waals surface area contributed by atoms with Crippen molar-refractivity contribution in [1.82, 2.24) is 15.2 Å². The zero-order valence-electron chi connectivity index (χ0n) is 8.34. The van der Waals surface area contributed by atoms with Crippen molar-refractivity contribution in [2.75, 3.05) is 7.11 Å². The van der Waals surface area contributed by atoms with Gasteiger partial charge in [-0.05, 0) is 17.7 Å². The Balaban J connectivity index is 2.22. The van der Waals surface area contributed by atoms with E-state index in [2.05, 4.69) is 15.2 Å². The molecule has 1 atom stereocenters. The second-order valence-corrected chi connectivity index (χ2v) is 3.12. The van der Waals surface area contributed by atoms with Crippen LogP contribution in [0.3, 0.4) is 0 Å². The zero-order chi connectivity index (χ0) is 10.7. The highest BCUT2D eigenvalue weighted by atomic mass is 16.5. The van der Waals surface area contributed by atoms with Crippen molar-refractivity contribution in [2.45, 2.75) is 6.04 Å². The Bertz CT molecular complexity index is 409. The van der Waals surface area contributed by atoms with Gasteiger partial charge >= 0.3 is 0 Å². The van der Waals surface area contributed by atoms with E-state index in [9.17, 15) is 0 Å². The lowest BCUT2D eigenvalue weighted by atomic mass is 10.1. The lowest BCUT2D eigenvalue weighted by Gasteiger charge is -2.09. The van der Waals surface area contributed by atoms with Crippen molar-refractivity contribution in [2.24, 2.45) is 5.73 Å². The summed E-state index contributed by atoms with van der Waals surface area (Å²) in [6.45, 7) is 0. The van der Waals surface area contributed by atoms with E-state index in [1.165, 1.54) is 6.33 Å². The number of nitrogens with zero attached hydrogens (tertiary/aromatic N) is 2. The van der Waals surface area contributed by atoms with Crippen LogP contribution in [0.2, 0.25) is 0 Å². The largest absolute Gasteiger partial charge is 0.497 e. The van der Waals surface area contributed by atoms with Crippen molar-refractivity contribution >= 4 is 0 Å². The molecule has 2 aromatic rings. The number of methoxy groups -OCH3 is 1. The van der Waals surface area contributed by atoms with E-state index in [1.54, 1.807) is 7.11 Å². The van der Waals surface area contributed by atoms with Gasteiger partial charge in [0.15, 0.2) is 0 Å². The summed E-state index contributed by atoms with van der Waals surface area (Å²) < 4.78 is 5.06. The summed E-state index contributed by atoms with van der Waals surface area (Å²) in [6, 6.07) is 7.27. The van der Waals surface area contributed by atoms with Crippen LogP contribution in [0, 0.1) is 0 Å². The minimum atomic E-state index is -0.279. The molecule has 0 aliphatic carbocycles. The Labute approximate surface area is 87.3 Å². The number of hydrogen-bond donors (Lipinski definition) is 2. The molecule has 0 radical (unpaired) electrons. The number of rotatable bonds is 3. The molecule has 0 unspecified atom stereocenters. The number of ether oxygens (including phenoxy) is 1. The van der Waals surface area contributed by atoms with E-state index < -0.39 is 0 Å². The van der Waals surface area contributed by atoms with Gasteiger partial charge < -0.3 is 10.5 Å². The average Bonchev–Trinajstić information content (AvgIpc) is 2.82. The van der Waals surface area contributed by atoms with Crippen LogP contribution in [0.5, 0.6) is 5.75 Å². The van der Waals surface area contributed by atoms with Gasteiger partial charge in [0.25, 0.3) is 0 Å². The minimum absolute atomic E-state index is 0.279. The van der Waals surface area contributed by atoms with Gasteiger partial charge in [0.1, 0.15) is 17.9 Å². The van der Waals surface area contributed by atoms with Gasteiger partial charge in [0.2, 0.25) is 0 Å². The van der Waals surface area contributed by atoms with Gasteiger partial charge in [-0.2, -0.15) is 5.10 Å². The molecule has 0 fully saturated rings. The molecule has 2 rings (SSSR count). The highest BCUT2D eigenvalue weighted by Crippen LogP contribution is 2.18. The van der Waals surface area contributed by atoms with Gasteiger partial charge in [-0.15, -0.1) is 0 Å². The maximum Gasteiger partial charge on any atom is 0.145 e. The molecule has 78 valence electrons. The zero-order valence-corrected chi connectivity index (χ0v) is 8.34. The van der Waals surface area contributed by atoms with Crippen LogP contribution in [-0.4, -0.2) is 22.3 Å². The highest BCUT2D eigenvalue weighted by molar-refractivity contribution is 5.31. The first-order valence-corrected chi connectivity index (χ1v) is 4.56. The van der Waals surface area contributed by atoms with Gasteiger partial charge in [-0.1, -0.05) is 12.1 Å². The predicted octanol–water partition coefficient (Wildman–Crippen LogP) is 0.861. The van der Waals surface area contributed by atoms with Crippen LogP contribution in [0.1, 0.15) is 17.4 Å². The van der Waals surface area contributed by atoms with E-state index in [0.29, 0.717) is 5.82 Å². The number of nitrogens with one attached hydrogen (secondary N) is 1. The van der Waals surface area contributed by atoms with Gasteiger partial charge in [0, 0.05) is 0 Å². The van der Waals surface area contributed by atoms with E-state index >= 15 is 0 Å². The fourth-order valence-corrected chi connectivity index (χ4v) is 1.33. The van der Waals surface area contributed by atoms with Crippen LogP contribution in [0.25, 0.3) is 0 Å². The summed E-state index contributed by atoms with van der Waals surface area (Å²) in [7, 11) is 1.63. The summed E-state index contributed by atoms with van der Waals surface area (Å²) in [4.78, 5) is 4.01. The van der Waals surface area contributed by atoms with E-state index in [1.807, 2.05) is 24.3 Å². The van der Waals surface area contributed by atoms with Gasteiger partial charge in [-0.3, -0.25) is 5.10 Å². The Hall–Kier alpha value is -1.88. The Kier molecular flexibility index (Phi) is 2.64. The minimum Gasteiger partial charge on any atom is -0.497 e.